The summed E-state index contributed by atoms with van der Waals surface area (Å²) < 4.78 is 0. The second-order valence-electron chi connectivity index (χ2n) is 6.17. The number of nitrogens with one attached hydrogen (secondary N) is 2. The molecule has 0 radical (unpaired) electrons. The average Bonchev–Trinajstić information content (AvgIpc) is 2.90. The Morgan fingerprint density at radius 3 is 2.42 bits per heavy atom. The monoisotopic (exact) mass is 325 g/mol. The summed E-state index contributed by atoms with van der Waals surface area (Å²) in [6.45, 7) is 0.644. The van der Waals surface area contributed by atoms with Gasteiger partial charge in [-0.3, -0.25) is 9.78 Å². The first-order valence-corrected chi connectivity index (χ1v) is 8.58. The molecule has 0 atom stereocenters. The molecule has 0 aromatic carbocycles. The van der Waals surface area contributed by atoms with Gasteiger partial charge in [0.15, 0.2) is 5.69 Å². The first-order chi connectivity index (χ1) is 11.8. The van der Waals surface area contributed by atoms with E-state index in [4.69, 9.17) is 0 Å². The molecule has 0 aliphatic heterocycles. The number of pyridine rings is 1. The SMILES string of the molecule is O=C(NC1CCCCCC1)c1ccc(NCc2ccncc2)nn1. The number of nitrogens with zero attached hydrogens (tertiary/aromatic N) is 3. The molecule has 2 N–H and O–H groups in total. The highest BCUT2D eigenvalue weighted by atomic mass is 16.2. The van der Waals surface area contributed by atoms with Crippen molar-refractivity contribution >= 4 is 11.7 Å². The van der Waals surface area contributed by atoms with Crippen molar-refractivity contribution in [2.45, 2.75) is 51.1 Å². The molecule has 1 aliphatic rings. The van der Waals surface area contributed by atoms with E-state index in [1.165, 1.54) is 25.7 Å². The lowest BCUT2D eigenvalue weighted by atomic mass is 10.1. The van der Waals surface area contributed by atoms with Gasteiger partial charge in [-0.25, -0.2) is 0 Å². The summed E-state index contributed by atoms with van der Waals surface area (Å²) in [5.41, 5.74) is 1.48. The van der Waals surface area contributed by atoms with Crippen LogP contribution in [0.1, 0.15) is 54.6 Å². The lowest BCUT2D eigenvalue weighted by Crippen LogP contribution is -2.35. The molecule has 1 aliphatic carbocycles. The number of hydrogen-bond acceptors (Lipinski definition) is 5. The molecule has 0 bridgehead atoms. The van der Waals surface area contributed by atoms with Crippen LogP contribution in [-0.2, 0) is 6.54 Å². The fourth-order valence-electron chi connectivity index (χ4n) is 2.92. The lowest BCUT2D eigenvalue weighted by Gasteiger charge is -2.15. The highest BCUT2D eigenvalue weighted by Gasteiger charge is 2.16. The molecule has 1 fully saturated rings. The largest absolute Gasteiger partial charge is 0.365 e. The number of amides is 1. The Kier molecular flexibility index (Phi) is 5.71. The first-order valence-electron chi connectivity index (χ1n) is 8.58. The molecule has 126 valence electrons. The van der Waals surface area contributed by atoms with Crippen molar-refractivity contribution < 1.29 is 4.79 Å². The van der Waals surface area contributed by atoms with Crippen LogP contribution in [0.4, 0.5) is 5.82 Å². The minimum atomic E-state index is -0.130. The second-order valence-corrected chi connectivity index (χ2v) is 6.17. The number of aromatic nitrogens is 3. The Morgan fingerprint density at radius 2 is 1.75 bits per heavy atom. The third-order valence-corrected chi connectivity index (χ3v) is 4.31. The molecule has 2 aromatic heterocycles. The maximum absolute atomic E-state index is 12.3. The quantitative estimate of drug-likeness (QED) is 0.826. The van der Waals surface area contributed by atoms with Crippen LogP contribution in [0.25, 0.3) is 0 Å². The van der Waals surface area contributed by atoms with Crippen molar-refractivity contribution in [3.8, 4) is 0 Å². The predicted molar refractivity (Wildman–Crippen MR) is 92.6 cm³/mol. The molecule has 2 heterocycles. The molecule has 1 saturated carbocycles. The van der Waals surface area contributed by atoms with Crippen molar-refractivity contribution in [2.75, 3.05) is 5.32 Å². The average molecular weight is 325 g/mol. The third kappa shape index (κ3) is 4.75. The van der Waals surface area contributed by atoms with Gasteiger partial charge in [-0.1, -0.05) is 25.7 Å². The van der Waals surface area contributed by atoms with Gasteiger partial charge >= 0.3 is 0 Å². The van der Waals surface area contributed by atoms with Gasteiger partial charge < -0.3 is 10.6 Å². The van der Waals surface area contributed by atoms with Crippen molar-refractivity contribution in [2.24, 2.45) is 0 Å². The zero-order chi connectivity index (χ0) is 16.6. The van der Waals surface area contributed by atoms with Crippen molar-refractivity contribution in [3.63, 3.8) is 0 Å². The molecule has 0 spiro atoms. The van der Waals surface area contributed by atoms with Crippen LogP contribution in [0.5, 0.6) is 0 Å². The van der Waals surface area contributed by atoms with E-state index in [2.05, 4.69) is 25.8 Å². The van der Waals surface area contributed by atoms with Crippen LogP contribution in [0.15, 0.2) is 36.7 Å². The van der Waals surface area contributed by atoms with Gasteiger partial charge in [0.1, 0.15) is 5.82 Å². The van der Waals surface area contributed by atoms with Crippen LogP contribution < -0.4 is 10.6 Å². The molecule has 0 saturated heterocycles. The summed E-state index contributed by atoms with van der Waals surface area (Å²) in [4.78, 5) is 16.3. The van der Waals surface area contributed by atoms with Crippen LogP contribution in [0.3, 0.4) is 0 Å². The van der Waals surface area contributed by atoms with Gasteiger partial charge in [0.25, 0.3) is 5.91 Å². The minimum Gasteiger partial charge on any atom is -0.365 e. The van der Waals surface area contributed by atoms with E-state index in [1.807, 2.05) is 12.1 Å². The molecule has 0 unspecified atom stereocenters. The molecule has 1 amide bonds. The van der Waals surface area contributed by atoms with Gasteiger partial charge in [-0.15, -0.1) is 10.2 Å². The van der Waals surface area contributed by atoms with Gasteiger partial charge in [0, 0.05) is 25.0 Å². The zero-order valence-corrected chi connectivity index (χ0v) is 13.7. The van der Waals surface area contributed by atoms with E-state index in [-0.39, 0.29) is 11.9 Å². The summed E-state index contributed by atoms with van der Waals surface area (Å²) in [5.74, 6) is 0.521. The second kappa shape index (κ2) is 8.38. The first kappa shape index (κ1) is 16.4. The number of carbonyl (C=O) groups excluding carboxylic acids is 1. The Hall–Kier alpha value is -2.50. The molecule has 24 heavy (non-hydrogen) atoms. The Balaban J connectivity index is 1.52. The summed E-state index contributed by atoms with van der Waals surface area (Å²) in [7, 11) is 0. The number of rotatable bonds is 5. The van der Waals surface area contributed by atoms with Crippen molar-refractivity contribution in [3.05, 3.63) is 47.9 Å². The van der Waals surface area contributed by atoms with E-state index in [0.717, 1.165) is 18.4 Å². The lowest BCUT2D eigenvalue weighted by molar-refractivity contribution is 0.0927. The molecule has 6 nitrogen and oxygen atoms in total. The molecular weight excluding hydrogens is 302 g/mol. The van der Waals surface area contributed by atoms with Gasteiger partial charge in [0.2, 0.25) is 0 Å². The highest BCUT2D eigenvalue weighted by molar-refractivity contribution is 5.92. The molecule has 2 aromatic rings. The number of hydrogen-bond donors (Lipinski definition) is 2. The fourth-order valence-corrected chi connectivity index (χ4v) is 2.92. The van der Waals surface area contributed by atoms with E-state index in [1.54, 1.807) is 24.5 Å². The molecule has 6 heteroatoms. The van der Waals surface area contributed by atoms with Crippen LogP contribution >= 0.6 is 0 Å². The van der Waals surface area contributed by atoms with Gasteiger partial charge in [0.05, 0.1) is 0 Å². The van der Waals surface area contributed by atoms with E-state index in [9.17, 15) is 4.79 Å². The predicted octanol–water partition coefficient (Wildman–Crippen LogP) is 2.94. The Morgan fingerprint density at radius 1 is 1.00 bits per heavy atom. The summed E-state index contributed by atoms with van der Waals surface area (Å²) >= 11 is 0. The Bertz CT molecular complexity index is 636. The molecule has 3 rings (SSSR count). The van der Waals surface area contributed by atoms with Crippen molar-refractivity contribution in [1.29, 1.82) is 0 Å². The van der Waals surface area contributed by atoms with E-state index < -0.39 is 0 Å². The summed E-state index contributed by atoms with van der Waals surface area (Å²) in [6, 6.07) is 7.65. The highest BCUT2D eigenvalue weighted by Crippen LogP contribution is 2.17. The third-order valence-electron chi connectivity index (χ3n) is 4.31. The van der Waals surface area contributed by atoms with E-state index in [0.29, 0.717) is 18.1 Å². The maximum atomic E-state index is 12.3. The molecular formula is C18H23N5O. The topological polar surface area (TPSA) is 79.8 Å². The van der Waals surface area contributed by atoms with E-state index >= 15 is 0 Å². The van der Waals surface area contributed by atoms with Crippen LogP contribution in [-0.4, -0.2) is 27.1 Å². The summed E-state index contributed by atoms with van der Waals surface area (Å²) in [6.07, 6.45) is 10.5. The number of anilines is 1. The normalized spacial score (nSPS) is 15.5. The number of carbonyl (C=O) groups is 1. The van der Waals surface area contributed by atoms with Crippen LogP contribution in [0.2, 0.25) is 0 Å². The summed E-state index contributed by atoms with van der Waals surface area (Å²) in [5, 5.41) is 14.4. The van der Waals surface area contributed by atoms with Gasteiger partial charge in [-0.2, -0.15) is 0 Å². The smallest absolute Gasteiger partial charge is 0.272 e. The van der Waals surface area contributed by atoms with Crippen LogP contribution in [0, 0.1) is 0 Å². The minimum absolute atomic E-state index is 0.130. The van der Waals surface area contributed by atoms with Gasteiger partial charge in [-0.05, 0) is 42.7 Å². The zero-order valence-electron chi connectivity index (χ0n) is 13.7. The van der Waals surface area contributed by atoms with Crippen molar-refractivity contribution in [1.82, 2.24) is 20.5 Å². The fraction of sp³-hybridized carbons (Fsp3) is 0.444. The Labute approximate surface area is 142 Å². The standard InChI is InChI=1S/C18H23N5O/c24-18(21-15-5-3-1-2-4-6-15)16-7-8-17(23-22-16)20-13-14-9-11-19-12-10-14/h7-12,15H,1-6,13H2,(H,20,23)(H,21,24). The maximum Gasteiger partial charge on any atom is 0.272 e.